The molecule has 0 unspecified atom stereocenters. The van der Waals surface area contributed by atoms with Gasteiger partial charge in [0, 0.05) is 6.42 Å². The van der Waals surface area contributed by atoms with Gasteiger partial charge in [-0.25, -0.2) is 0 Å². The zero-order valence-electron chi connectivity index (χ0n) is 20.7. The molecule has 4 aromatic rings. The minimum Gasteiger partial charge on any atom is -0.0622 e. The van der Waals surface area contributed by atoms with Crippen LogP contribution in [-0.4, -0.2) is 0 Å². The molecule has 33 heavy (non-hydrogen) atoms. The van der Waals surface area contributed by atoms with E-state index in [4.69, 9.17) is 0 Å². The molecule has 0 amide bonds. The van der Waals surface area contributed by atoms with Crippen LogP contribution in [0.5, 0.6) is 0 Å². The number of hydrogen-bond donors (Lipinski definition) is 0. The average molecular weight is 430 g/mol. The molecule has 0 fully saturated rings. The molecule has 0 spiro atoms. The molecule has 5 rings (SSSR count). The molecule has 0 aromatic heterocycles. The second kappa shape index (κ2) is 7.73. The molecule has 0 N–H and O–H groups in total. The Morgan fingerprint density at radius 3 is 1.12 bits per heavy atom. The highest BCUT2D eigenvalue weighted by Crippen LogP contribution is 2.47. The SMILES string of the molecule is CC(C)(C)c1cc2c(cc1-c1ccccc1)-c1cc(-c3ccccc3)c(C(C)(C)C)cc1[CH]2. The van der Waals surface area contributed by atoms with Crippen molar-refractivity contribution in [1.82, 2.24) is 0 Å². The van der Waals surface area contributed by atoms with Gasteiger partial charge in [-0.15, -0.1) is 0 Å². The van der Waals surface area contributed by atoms with Gasteiger partial charge in [-0.05, 0) is 78.6 Å². The molecule has 0 nitrogen and oxygen atoms in total. The molecule has 1 aliphatic rings. The third-order valence-electron chi connectivity index (χ3n) is 6.77. The smallest absolute Gasteiger partial charge is 0.0212 e. The molecule has 165 valence electrons. The van der Waals surface area contributed by atoms with E-state index < -0.39 is 0 Å². The summed E-state index contributed by atoms with van der Waals surface area (Å²) in [4.78, 5) is 0. The molecule has 4 aromatic carbocycles. The van der Waals surface area contributed by atoms with E-state index in [9.17, 15) is 0 Å². The Morgan fingerprint density at radius 2 is 0.788 bits per heavy atom. The fourth-order valence-corrected chi connectivity index (χ4v) is 5.06. The Hall–Kier alpha value is -3.12. The van der Waals surface area contributed by atoms with E-state index in [1.807, 2.05) is 0 Å². The summed E-state index contributed by atoms with van der Waals surface area (Å²) in [6.07, 6.45) is 2.39. The summed E-state index contributed by atoms with van der Waals surface area (Å²) in [7, 11) is 0. The first kappa shape index (κ1) is 21.7. The summed E-state index contributed by atoms with van der Waals surface area (Å²) in [6, 6.07) is 31.4. The van der Waals surface area contributed by atoms with Crippen molar-refractivity contribution in [3.63, 3.8) is 0 Å². The molecular weight excluding hydrogens is 396 g/mol. The zero-order chi connectivity index (χ0) is 23.4. The maximum Gasteiger partial charge on any atom is 0.0212 e. The molecule has 0 atom stereocenters. The van der Waals surface area contributed by atoms with Gasteiger partial charge in [-0.2, -0.15) is 0 Å². The molecule has 1 aliphatic carbocycles. The lowest BCUT2D eigenvalue weighted by Crippen LogP contribution is -2.13. The van der Waals surface area contributed by atoms with E-state index in [0.717, 1.165) is 0 Å². The van der Waals surface area contributed by atoms with E-state index >= 15 is 0 Å². The monoisotopic (exact) mass is 429 g/mol. The molecule has 1 radical (unpaired) electrons. The van der Waals surface area contributed by atoms with Crippen molar-refractivity contribution in [2.24, 2.45) is 0 Å². The minimum absolute atomic E-state index is 0.0641. The van der Waals surface area contributed by atoms with Crippen LogP contribution in [0.3, 0.4) is 0 Å². The second-order valence-electron chi connectivity index (χ2n) is 11.3. The molecule has 0 saturated heterocycles. The third kappa shape index (κ3) is 3.93. The molecule has 0 bridgehead atoms. The molecular formula is C33H33. The summed E-state index contributed by atoms with van der Waals surface area (Å²) in [6.45, 7) is 13.9. The Kier molecular flexibility index (Phi) is 5.09. The van der Waals surface area contributed by atoms with Crippen molar-refractivity contribution in [3.8, 4) is 33.4 Å². The van der Waals surface area contributed by atoms with E-state index in [0.29, 0.717) is 0 Å². The first-order chi connectivity index (χ1) is 15.6. The fraction of sp³-hybridized carbons (Fsp3) is 0.242. The van der Waals surface area contributed by atoms with Crippen LogP contribution < -0.4 is 0 Å². The first-order valence-electron chi connectivity index (χ1n) is 12.0. The van der Waals surface area contributed by atoms with Gasteiger partial charge in [0.25, 0.3) is 0 Å². The average Bonchev–Trinajstić information content (AvgIpc) is 3.14. The quantitative estimate of drug-likeness (QED) is 0.262. The van der Waals surface area contributed by atoms with Gasteiger partial charge < -0.3 is 0 Å². The van der Waals surface area contributed by atoms with Crippen LogP contribution in [0.2, 0.25) is 0 Å². The van der Waals surface area contributed by atoms with Crippen LogP contribution in [0.1, 0.15) is 63.8 Å². The summed E-state index contributed by atoms with van der Waals surface area (Å²) in [5, 5.41) is 0. The number of hydrogen-bond acceptors (Lipinski definition) is 0. The predicted molar refractivity (Wildman–Crippen MR) is 143 cm³/mol. The lowest BCUT2D eigenvalue weighted by atomic mass is 9.79. The van der Waals surface area contributed by atoms with E-state index in [-0.39, 0.29) is 10.8 Å². The van der Waals surface area contributed by atoms with Crippen LogP contribution in [0.25, 0.3) is 33.4 Å². The van der Waals surface area contributed by atoms with Crippen LogP contribution in [0, 0.1) is 6.42 Å². The highest BCUT2D eigenvalue weighted by Gasteiger charge is 2.29. The Balaban J connectivity index is 1.76. The molecule has 0 heteroatoms. The largest absolute Gasteiger partial charge is 0.0622 e. The second-order valence-corrected chi connectivity index (χ2v) is 11.3. The standard InChI is InChI=1S/C33H33/c1-32(2,3)30-18-24-17-25-19-31(33(4,5)6)29(23-15-11-8-12-16-23)21-27(25)26(24)20-28(30)22-13-9-7-10-14-22/h7-21H,1-6H3. The van der Waals surface area contributed by atoms with Gasteiger partial charge in [0.15, 0.2) is 0 Å². The molecule has 0 saturated carbocycles. The van der Waals surface area contributed by atoms with Crippen molar-refractivity contribution < 1.29 is 0 Å². The van der Waals surface area contributed by atoms with Crippen molar-refractivity contribution in [3.05, 3.63) is 114 Å². The summed E-state index contributed by atoms with van der Waals surface area (Å²) < 4.78 is 0. The maximum atomic E-state index is 2.43. The highest BCUT2D eigenvalue weighted by atomic mass is 14.3. The number of benzene rings is 4. The topological polar surface area (TPSA) is 0 Å². The van der Waals surface area contributed by atoms with Gasteiger partial charge in [0.1, 0.15) is 0 Å². The minimum atomic E-state index is 0.0641. The highest BCUT2D eigenvalue weighted by molar-refractivity contribution is 5.90. The molecule has 0 aliphatic heterocycles. The van der Waals surface area contributed by atoms with Crippen molar-refractivity contribution in [1.29, 1.82) is 0 Å². The van der Waals surface area contributed by atoms with Crippen molar-refractivity contribution in [2.75, 3.05) is 0 Å². The lowest BCUT2D eigenvalue weighted by molar-refractivity contribution is 0.591. The van der Waals surface area contributed by atoms with Crippen molar-refractivity contribution >= 4 is 0 Å². The number of rotatable bonds is 2. The summed E-state index contributed by atoms with van der Waals surface area (Å²) >= 11 is 0. The van der Waals surface area contributed by atoms with E-state index in [1.165, 1.54) is 55.6 Å². The predicted octanol–water partition coefficient (Wildman–Crippen LogP) is 9.20. The van der Waals surface area contributed by atoms with Gasteiger partial charge in [-0.3, -0.25) is 0 Å². The van der Waals surface area contributed by atoms with Crippen LogP contribution in [0.15, 0.2) is 84.9 Å². The van der Waals surface area contributed by atoms with Gasteiger partial charge >= 0.3 is 0 Å². The van der Waals surface area contributed by atoms with Gasteiger partial charge in [0.2, 0.25) is 0 Å². The Bertz CT molecular complexity index is 1210. The van der Waals surface area contributed by atoms with E-state index in [1.54, 1.807) is 0 Å². The Morgan fingerprint density at radius 1 is 0.424 bits per heavy atom. The third-order valence-corrected chi connectivity index (χ3v) is 6.77. The van der Waals surface area contributed by atoms with Gasteiger partial charge in [-0.1, -0.05) is 114 Å². The maximum absolute atomic E-state index is 2.43. The summed E-state index contributed by atoms with van der Waals surface area (Å²) in [5.74, 6) is 0. The molecule has 0 heterocycles. The van der Waals surface area contributed by atoms with Crippen molar-refractivity contribution in [2.45, 2.75) is 52.4 Å². The lowest BCUT2D eigenvalue weighted by Gasteiger charge is -2.25. The number of fused-ring (bicyclic) bond motifs is 3. The summed E-state index contributed by atoms with van der Waals surface area (Å²) in [5.41, 5.74) is 13.5. The zero-order valence-corrected chi connectivity index (χ0v) is 20.7. The Labute approximate surface area is 199 Å². The van der Waals surface area contributed by atoms with Crippen LogP contribution in [-0.2, 0) is 10.8 Å². The van der Waals surface area contributed by atoms with Gasteiger partial charge in [0.05, 0.1) is 0 Å². The fourth-order valence-electron chi connectivity index (χ4n) is 5.06. The van der Waals surface area contributed by atoms with E-state index in [2.05, 4.69) is 133 Å². The van der Waals surface area contributed by atoms with Crippen LogP contribution in [0.4, 0.5) is 0 Å². The first-order valence-corrected chi connectivity index (χ1v) is 12.0. The normalized spacial score (nSPS) is 13.0. The van der Waals surface area contributed by atoms with Crippen LogP contribution >= 0.6 is 0 Å².